The van der Waals surface area contributed by atoms with Crippen LogP contribution in [0.2, 0.25) is 5.02 Å². The van der Waals surface area contributed by atoms with E-state index in [0.717, 1.165) is 24.3 Å². The summed E-state index contributed by atoms with van der Waals surface area (Å²) < 4.78 is 13.8. The second-order valence-corrected chi connectivity index (χ2v) is 6.59. The molecule has 0 aromatic heterocycles. The molecule has 0 aliphatic heterocycles. The Morgan fingerprint density at radius 3 is 2.52 bits per heavy atom. The molecule has 0 heterocycles. The molecule has 1 aromatic rings. The first-order valence-corrected chi connectivity index (χ1v) is 8.42. The minimum atomic E-state index is -0.481. The van der Waals surface area contributed by atoms with E-state index in [4.69, 9.17) is 16.9 Å². The zero-order valence-electron chi connectivity index (χ0n) is 12.7. The lowest BCUT2D eigenvalue weighted by molar-refractivity contribution is 0.302. The number of nitriles is 1. The van der Waals surface area contributed by atoms with Crippen molar-refractivity contribution < 1.29 is 4.39 Å². The predicted molar refractivity (Wildman–Crippen MR) is 85.0 cm³/mol. The topological polar surface area (TPSA) is 23.8 Å². The first kappa shape index (κ1) is 16.3. The molecule has 1 nitrogen and oxygen atoms in total. The summed E-state index contributed by atoms with van der Waals surface area (Å²) in [5, 5.41) is 9.11. The molecule has 0 unspecified atom stereocenters. The summed E-state index contributed by atoms with van der Waals surface area (Å²) in [6.45, 7) is 2.24. The smallest absolute Gasteiger partial charge is 0.142 e. The first-order chi connectivity index (χ1) is 10.2. The Labute approximate surface area is 132 Å². The van der Waals surface area contributed by atoms with E-state index in [1.54, 1.807) is 6.07 Å². The molecule has 0 saturated heterocycles. The molecule has 0 spiro atoms. The van der Waals surface area contributed by atoms with Gasteiger partial charge in [-0.25, -0.2) is 4.39 Å². The van der Waals surface area contributed by atoms with Gasteiger partial charge in [0.2, 0.25) is 0 Å². The van der Waals surface area contributed by atoms with Crippen LogP contribution in [-0.2, 0) is 0 Å². The highest BCUT2D eigenvalue weighted by Crippen LogP contribution is 2.39. The maximum atomic E-state index is 13.8. The van der Waals surface area contributed by atoms with Crippen LogP contribution in [0.25, 0.3) is 0 Å². The van der Waals surface area contributed by atoms with Gasteiger partial charge in [-0.3, -0.25) is 0 Å². The Kier molecular flexibility index (Phi) is 6.06. The van der Waals surface area contributed by atoms with Gasteiger partial charge < -0.3 is 0 Å². The molecule has 21 heavy (non-hydrogen) atoms. The van der Waals surface area contributed by atoms with E-state index in [2.05, 4.69) is 6.92 Å². The van der Waals surface area contributed by atoms with Crippen LogP contribution in [0.15, 0.2) is 12.1 Å². The summed E-state index contributed by atoms with van der Waals surface area (Å²) in [6.07, 6.45) is 9.96. The van der Waals surface area contributed by atoms with Crippen molar-refractivity contribution in [2.24, 2.45) is 5.92 Å². The highest BCUT2D eigenvalue weighted by molar-refractivity contribution is 6.31. The first-order valence-electron chi connectivity index (χ1n) is 8.04. The van der Waals surface area contributed by atoms with Gasteiger partial charge in [0.05, 0.1) is 5.02 Å². The summed E-state index contributed by atoms with van der Waals surface area (Å²) in [4.78, 5) is 0. The molecule has 1 fully saturated rings. The number of nitrogens with zero attached hydrogens (tertiary/aromatic N) is 1. The van der Waals surface area contributed by atoms with Gasteiger partial charge in [-0.1, -0.05) is 44.2 Å². The fourth-order valence-corrected chi connectivity index (χ4v) is 3.66. The van der Waals surface area contributed by atoms with Crippen molar-refractivity contribution in [1.29, 1.82) is 5.26 Å². The second-order valence-electron chi connectivity index (χ2n) is 6.18. The van der Waals surface area contributed by atoms with Crippen LogP contribution in [0.1, 0.15) is 75.3 Å². The van der Waals surface area contributed by atoms with Crippen molar-refractivity contribution in [1.82, 2.24) is 0 Å². The van der Waals surface area contributed by atoms with Crippen LogP contribution >= 0.6 is 11.6 Å². The third-order valence-electron chi connectivity index (χ3n) is 4.71. The van der Waals surface area contributed by atoms with E-state index >= 15 is 0 Å². The zero-order chi connectivity index (χ0) is 15.2. The average Bonchev–Trinajstić information content (AvgIpc) is 2.48. The highest BCUT2D eigenvalue weighted by atomic mass is 35.5. The van der Waals surface area contributed by atoms with Gasteiger partial charge in [-0.2, -0.15) is 5.26 Å². The van der Waals surface area contributed by atoms with Gasteiger partial charge in [0, 0.05) is 0 Å². The molecule has 0 atom stereocenters. The molecular weight excluding hydrogens is 285 g/mol. The number of hydrogen-bond acceptors (Lipinski definition) is 1. The standard InChI is InChI=1S/C18H23ClFN/c1-2-3-4-5-13-6-8-14(9-7-13)15-10-17(19)16(12-21)18(20)11-15/h10-11,13-14H,2-9H2,1H3. The van der Waals surface area contributed by atoms with Crippen LogP contribution in [-0.4, -0.2) is 0 Å². The normalized spacial score (nSPS) is 22.0. The quantitative estimate of drug-likeness (QED) is 0.594. The minimum absolute atomic E-state index is 0.0336. The number of unbranched alkanes of at least 4 members (excludes halogenated alkanes) is 2. The van der Waals surface area contributed by atoms with Crippen LogP contribution < -0.4 is 0 Å². The summed E-state index contributed by atoms with van der Waals surface area (Å²) in [7, 11) is 0. The molecule has 1 aliphatic carbocycles. The molecule has 0 bridgehead atoms. The third-order valence-corrected chi connectivity index (χ3v) is 5.01. The Bertz CT molecular complexity index is 489. The SMILES string of the molecule is CCCCCC1CCC(c2cc(F)c(C#N)c(Cl)c2)CC1. The fraction of sp³-hybridized carbons (Fsp3) is 0.611. The summed E-state index contributed by atoms with van der Waals surface area (Å²) in [5.74, 6) is 0.753. The lowest BCUT2D eigenvalue weighted by atomic mass is 9.77. The second kappa shape index (κ2) is 7.80. The Morgan fingerprint density at radius 2 is 1.95 bits per heavy atom. The van der Waals surface area contributed by atoms with Gasteiger partial charge in [-0.05, 0) is 55.2 Å². The highest BCUT2D eigenvalue weighted by Gasteiger charge is 2.23. The molecule has 114 valence electrons. The summed E-state index contributed by atoms with van der Waals surface area (Å²) in [6, 6.07) is 5.11. The molecule has 1 aromatic carbocycles. The van der Waals surface area contributed by atoms with Gasteiger partial charge >= 0.3 is 0 Å². The number of hydrogen-bond donors (Lipinski definition) is 0. The van der Waals surface area contributed by atoms with Crippen LogP contribution in [0.3, 0.4) is 0 Å². The Hall–Kier alpha value is -1.07. The van der Waals surface area contributed by atoms with Crippen molar-refractivity contribution in [3.05, 3.63) is 34.1 Å². The Balaban J connectivity index is 1.95. The van der Waals surface area contributed by atoms with Gasteiger partial charge in [0.25, 0.3) is 0 Å². The summed E-state index contributed by atoms with van der Waals surface area (Å²) >= 11 is 6.00. The molecule has 0 amide bonds. The monoisotopic (exact) mass is 307 g/mol. The van der Waals surface area contributed by atoms with Crippen LogP contribution in [0.4, 0.5) is 4.39 Å². The van der Waals surface area contributed by atoms with Crippen molar-refractivity contribution >= 4 is 11.6 Å². The molecule has 3 heteroatoms. The minimum Gasteiger partial charge on any atom is -0.205 e. The lowest BCUT2D eigenvalue weighted by Crippen LogP contribution is -2.13. The van der Waals surface area contributed by atoms with E-state index in [-0.39, 0.29) is 10.6 Å². The summed E-state index contributed by atoms with van der Waals surface area (Å²) in [5.41, 5.74) is 0.928. The van der Waals surface area contributed by atoms with E-state index in [1.165, 1.54) is 44.6 Å². The number of rotatable bonds is 5. The van der Waals surface area contributed by atoms with Crippen molar-refractivity contribution in [3.8, 4) is 6.07 Å². The van der Waals surface area contributed by atoms with E-state index < -0.39 is 5.82 Å². The van der Waals surface area contributed by atoms with Gasteiger partial charge in [-0.15, -0.1) is 0 Å². The zero-order valence-corrected chi connectivity index (χ0v) is 13.4. The van der Waals surface area contributed by atoms with Crippen molar-refractivity contribution in [3.63, 3.8) is 0 Å². The molecule has 0 radical (unpaired) electrons. The molecule has 0 N–H and O–H groups in total. The lowest BCUT2D eigenvalue weighted by Gasteiger charge is -2.29. The fourth-order valence-electron chi connectivity index (χ4n) is 3.40. The Morgan fingerprint density at radius 1 is 1.24 bits per heavy atom. The molecule has 2 rings (SSSR count). The number of halogens is 2. The average molecular weight is 308 g/mol. The predicted octanol–water partition coefficient (Wildman–Crippen LogP) is 6.20. The maximum absolute atomic E-state index is 13.8. The van der Waals surface area contributed by atoms with E-state index in [0.29, 0.717) is 5.92 Å². The van der Waals surface area contributed by atoms with Gasteiger partial charge in [0.15, 0.2) is 0 Å². The van der Waals surface area contributed by atoms with Crippen LogP contribution in [0, 0.1) is 23.1 Å². The molecule has 1 aliphatic rings. The van der Waals surface area contributed by atoms with E-state index in [9.17, 15) is 4.39 Å². The van der Waals surface area contributed by atoms with Crippen LogP contribution in [0.5, 0.6) is 0 Å². The van der Waals surface area contributed by atoms with Crippen molar-refractivity contribution in [2.45, 2.75) is 64.2 Å². The molecule has 1 saturated carbocycles. The maximum Gasteiger partial charge on any atom is 0.142 e. The van der Waals surface area contributed by atoms with Gasteiger partial charge in [0.1, 0.15) is 17.4 Å². The third kappa shape index (κ3) is 4.20. The van der Waals surface area contributed by atoms with Crippen molar-refractivity contribution in [2.75, 3.05) is 0 Å². The number of benzene rings is 1. The molecular formula is C18H23ClFN. The largest absolute Gasteiger partial charge is 0.205 e. The van der Waals surface area contributed by atoms with E-state index in [1.807, 2.05) is 6.07 Å².